The fraction of sp³-hybridized carbons (Fsp3) is 0.353. The number of amides is 1. The summed E-state index contributed by atoms with van der Waals surface area (Å²) < 4.78 is 10.4. The second-order valence-corrected chi connectivity index (χ2v) is 7.10. The number of nitrogens with one attached hydrogen (secondary N) is 2. The van der Waals surface area contributed by atoms with Crippen molar-refractivity contribution in [1.29, 1.82) is 0 Å². The molecular formula is C17H19N3O3S2. The van der Waals surface area contributed by atoms with Gasteiger partial charge in [0.2, 0.25) is 0 Å². The van der Waals surface area contributed by atoms with Crippen LogP contribution in [0.15, 0.2) is 18.2 Å². The van der Waals surface area contributed by atoms with Crippen molar-refractivity contribution in [2.75, 3.05) is 19.5 Å². The quantitative estimate of drug-likeness (QED) is 0.798. The van der Waals surface area contributed by atoms with Crippen LogP contribution in [0, 0.1) is 0 Å². The van der Waals surface area contributed by atoms with Crippen molar-refractivity contribution in [2.45, 2.75) is 25.7 Å². The Morgan fingerprint density at radius 3 is 2.48 bits per heavy atom. The van der Waals surface area contributed by atoms with E-state index in [1.807, 2.05) is 0 Å². The average Bonchev–Trinajstić information content (AvgIpc) is 3.03. The van der Waals surface area contributed by atoms with Gasteiger partial charge in [-0.3, -0.25) is 10.1 Å². The zero-order valence-electron chi connectivity index (χ0n) is 14.0. The molecule has 132 valence electrons. The van der Waals surface area contributed by atoms with E-state index < -0.39 is 0 Å². The number of aromatic nitrogens is 1. The van der Waals surface area contributed by atoms with Crippen molar-refractivity contribution >= 4 is 39.7 Å². The van der Waals surface area contributed by atoms with Crippen molar-refractivity contribution in [3.8, 4) is 11.5 Å². The van der Waals surface area contributed by atoms with E-state index in [1.165, 1.54) is 31.9 Å². The van der Waals surface area contributed by atoms with Crippen molar-refractivity contribution in [2.24, 2.45) is 0 Å². The van der Waals surface area contributed by atoms with E-state index >= 15 is 0 Å². The van der Waals surface area contributed by atoms with Gasteiger partial charge in [-0.2, -0.15) is 0 Å². The molecule has 6 nitrogen and oxygen atoms in total. The highest BCUT2D eigenvalue weighted by Crippen LogP contribution is 2.29. The number of nitrogens with zero attached hydrogens (tertiary/aromatic N) is 1. The molecule has 0 unspecified atom stereocenters. The Morgan fingerprint density at radius 2 is 1.84 bits per heavy atom. The summed E-state index contributed by atoms with van der Waals surface area (Å²) in [6.07, 6.45) is 4.45. The lowest BCUT2D eigenvalue weighted by Crippen LogP contribution is -2.34. The van der Waals surface area contributed by atoms with Crippen LogP contribution in [0.2, 0.25) is 0 Å². The number of thiocarbonyl (C=S) groups is 1. The molecule has 2 aromatic rings. The summed E-state index contributed by atoms with van der Waals surface area (Å²) in [6, 6.07) is 4.96. The van der Waals surface area contributed by atoms with Crippen LogP contribution in [0.3, 0.4) is 0 Å². The maximum atomic E-state index is 12.4. The number of carbonyl (C=O) groups excluding carboxylic acids is 1. The minimum absolute atomic E-state index is 0.220. The number of rotatable bonds is 4. The lowest BCUT2D eigenvalue weighted by atomic mass is 10.0. The normalized spacial score (nSPS) is 12.9. The van der Waals surface area contributed by atoms with Gasteiger partial charge >= 0.3 is 0 Å². The van der Waals surface area contributed by atoms with Crippen LogP contribution in [0.1, 0.15) is 33.8 Å². The third-order valence-electron chi connectivity index (χ3n) is 3.91. The Labute approximate surface area is 155 Å². The number of carbonyl (C=O) groups is 1. The largest absolute Gasteiger partial charge is 0.497 e. The van der Waals surface area contributed by atoms with Gasteiger partial charge in [-0.15, -0.1) is 11.3 Å². The first kappa shape index (κ1) is 17.6. The summed E-state index contributed by atoms with van der Waals surface area (Å²) in [5.74, 6) is 0.739. The molecule has 1 amide bonds. The molecule has 25 heavy (non-hydrogen) atoms. The second kappa shape index (κ2) is 7.79. The van der Waals surface area contributed by atoms with Gasteiger partial charge in [0, 0.05) is 16.5 Å². The smallest absolute Gasteiger partial charge is 0.257 e. The topological polar surface area (TPSA) is 72.5 Å². The van der Waals surface area contributed by atoms with E-state index in [0.29, 0.717) is 17.1 Å². The monoisotopic (exact) mass is 377 g/mol. The molecule has 0 spiro atoms. The Hall–Kier alpha value is -2.19. The Kier molecular flexibility index (Phi) is 5.50. The van der Waals surface area contributed by atoms with Gasteiger partial charge in [-0.25, -0.2) is 4.98 Å². The minimum atomic E-state index is -0.337. The molecular weight excluding hydrogens is 358 g/mol. The predicted octanol–water partition coefficient (Wildman–Crippen LogP) is 3.17. The fourth-order valence-electron chi connectivity index (χ4n) is 2.65. The van der Waals surface area contributed by atoms with Gasteiger partial charge in [0.1, 0.15) is 11.5 Å². The fourth-order valence-corrected chi connectivity index (χ4v) is 3.96. The summed E-state index contributed by atoms with van der Waals surface area (Å²) in [4.78, 5) is 18.3. The standard InChI is InChI=1S/C17H19N3O3S2/c1-22-11-7-10(8-12(9-11)23-2)15(21)19-16(24)20-17-18-13-5-3-4-6-14(13)25-17/h7-9H,3-6H2,1-2H3,(H2,18,19,20,21,24). The average molecular weight is 377 g/mol. The van der Waals surface area contributed by atoms with E-state index in [-0.39, 0.29) is 11.0 Å². The summed E-state index contributed by atoms with van der Waals surface area (Å²) in [6.45, 7) is 0. The highest BCUT2D eigenvalue weighted by atomic mass is 32.1. The van der Waals surface area contributed by atoms with Crippen molar-refractivity contribution < 1.29 is 14.3 Å². The number of thiazole rings is 1. The molecule has 0 radical (unpaired) electrons. The summed E-state index contributed by atoms with van der Waals surface area (Å²) in [7, 11) is 3.07. The van der Waals surface area contributed by atoms with E-state index in [1.54, 1.807) is 29.5 Å². The van der Waals surface area contributed by atoms with Gasteiger partial charge in [-0.05, 0) is 50.0 Å². The second-order valence-electron chi connectivity index (χ2n) is 5.61. The van der Waals surface area contributed by atoms with Crippen molar-refractivity contribution in [3.05, 3.63) is 34.3 Å². The lowest BCUT2D eigenvalue weighted by molar-refractivity contribution is 0.0977. The molecule has 0 aliphatic heterocycles. The minimum Gasteiger partial charge on any atom is -0.497 e. The summed E-state index contributed by atoms with van der Waals surface area (Å²) >= 11 is 6.83. The molecule has 0 bridgehead atoms. The Balaban J connectivity index is 1.66. The number of methoxy groups -OCH3 is 2. The SMILES string of the molecule is COc1cc(OC)cc(C(=O)NC(=S)Nc2nc3c(s2)CCCC3)c1. The third kappa shape index (κ3) is 4.26. The molecule has 0 fully saturated rings. The number of anilines is 1. The molecule has 0 saturated heterocycles. The van der Waals surface area contributed by atoms with Crippen LogP contribution in [0.25, 0.3) is 0 Å². The third-order valence-corrected chi connectivity index (χ3v) is 5.18. The zero-order chi connectivity index (χ0) is 17.8. The first-order valence-electron chi connectivity index (χ1n) is 7.93. The summed E-state index contributed by atoms with van der Waals surface area (Å²) in [5.41, 5.74) is 1.55. The number of benzene rings is 1. The maximum absolute atomic E-state index is 12.4. The zero-order valence-corrected chi connectivity index (χ0v) is 15.7. The molecule has 1 aromatic carbocycles. The van der Waals surface area contributed by atoms with Gasteiger partial charge < -0.3 is 14.8 Å². The molecule has 2 N–H and O–H groups in total. The maximum Gasteiger partial charge on any atom is 0.257 e. The van der Waals surface area contributed by atoms with Gasteiger partial charge in [0.05, 0.1) is 19.9 Å². The van der Waals surface area contributed by atoms with Crippen LogP contribution in [-0.2, 0) is 12.8 Å². The van der Waals surface area contributed by atoms with Gasteiger partial charge in [0.25, 0.3) is 5.91 Å². The van der Waals surface area contributed by atoms with Crippen LogP contribution >= 0.6 is 23.6 Å². The number of aryl methyl sites for hydroxylation is 2. The first-order chi connectivity index (χ1) is 12.1. The molecule has 1 aliphatic rings. The van der Waals surface area contributed by atoms with Crippen LogP contribution in [0.5, 0.6) is 11.5 Å². The van der Waals surface area contributed by atoms with Crippen molar-refractivity contribution in [1.82, 2.24) is 10.3 Å². The lowest BCUT2D eigenvalue weighted by Gasteiger charge is -2.10. The number of ether oxygens (including phenoxy) is 2. The highest BCUT2D eigenvalue weighted by Gasteiger charge is 2.17. The molecule has 1 aliphatic carbocycles. The molecule has 8 heteroatoms. The van der Waals surface area contributed by atoms with Crippen molar-refractivity contribution in [3.63, 3.8) is 0 Å². The first-order valence-corrected chi connectivity index (χ1v) is 9.15. The molecule has 3 rings (SSSR count). The molecule has 0 saturated carbocycles. The van der Waals surface area contributed by atoms with Gasteiger partial charge in [0.15, 0.2) is 10.2 Å². The number of fused-ring (bicyclic) bond motifs is 1. The number of hydrogen-bond donors (Lipinski definition) is 2. The van der Waals surface area contributed by atoms with E-state index in [2.05, 4.69) is 15.6 Å². The van der Waals surface area contributed by atoms with E-state index in [9.17, 15) is 4.79 Å². The van der Waals surface area contributed by atoms with Crippen LogP contribution in [0.4, 0.5) is 5.13 Å². The van der Waals surface area contributed by atoms with E-state index in [0.717, 1.165) is 23.7 Å². The Morgan fingerprint density at radius 1 is 1.16 bits per heavy atom. The molecule has 0 atom stereocenters. The predicted molar refractivity (Wildman–Crippen MR) is 102 cm³/mol. The van der Waals surface area contributed by atoms with Crippen LogP contribution in [-0.4, -0.2) is 30.2 Å². The molecule has 1 heterocycles. The number of hydrogen-bond acceptors (Lipinski definition) is 6. The van der Waals surface area contributed by atoms with Crippen LogP contribution < -0.4 is 20.1 Å². The summed E-state index contributed by atoms with van der Waals surface area (Å²) in [5, 5.41) is 6.61. The van der Waals surface area contributed by atoms with E-state index in [4.69, 9.17) is 21.7 Å². The van der Waals surface area contributed by atoms with Gasteiger partial charge in [-0.1, -0.05) is 0 Å². The Bertz CT molecular complexity index is 759. The molecule has 1 aromatic heterocycles. The highest BCUT2D eigenvalue weighted by molar-refractivity contribution is 7.80.